The van der Waals surface area contributed by atoms with Gasteiger partial charge in [-0.25, -0.2) is 0 Å². The molecule has 1 saturated heterocycles. The zero-order valence-electron chi connectivity index (χ0n) is 8.74. The molecule has 11 heavy (non-hydrogen) atoms. The first-order chi connectivity index (χ1) is 5.41. The summed E-state index contributed by atoms with van der Waals surface area (Å²) in [6, 6.07) is 0. The summed E-state index contributed by atoms with van der Waals surface area (Å²) in [6.07, 6.45) is 5.47. The molecule has 0 spiro atoms. The smallest absolute Gasteiger partial charge is 0.00489 e. The van der Waals surface area contributed by atoms with E-state index in [1.54, 1.807) is 0 Å². The van der Waals surface area contributed by atoms with Crippen molar-refractivity contribution < 1.29 is 0 Å². The van der Waals surface area contributed by atoms with Crippen LogP contribution in [-0.4, -0.2) is 13.1 Å². The van der Waals surface area contributed by atoms with Crippen molar-refractivity contribution in [1.29, 1.82) is 0 Å². The minimum atomic E-state index is 1.25. The summed E-state index contributed by atoms with van der Waals surface area (Å²) < 4.78 is 0. The molecule has 1 rings (SSSR count). The quantitative estimate of drug-likeness (QED) is 0.572. The molecule has 0 atom stereocenters. The second-order valence-corrected chi connectivity index (χ2v) is 2.52. The van der Waals surface area contributed by atoms with Gasteiger partial charge < -0.3 is 5.32 Å². The van der Waals surface area contributed by atoms with Gasteiger partial charge in [-0.1, -0.05) is 40.5 Å². The van der Waals surface area contributed by atoms with Crippen LogP contribution in [0, 0.1) is 0 Å². The van der Waals surface area contributed by atoms with Gasteiger partial charge in [0.25, 0.3) is 0 Å². The first-order valence-electron chi connectivity index (χ1n) is 5.12. The Morgan fingerprint density at radius 1 is 0.909 bits per heavy atom. The van der Waals surface area contributed by atoms with E-state index in [0.717, 1.165) is 0 Å². The molecule has 0 aromatic carbocycles. The number of hydrogen-bond acceptors (Lipinski definition) is 1. The van der Waals surface area contributed by atoms with Crippen LogP contribution in [0.2, 0.25) is 0 Å². The molecule has 70 valence electrons. The summed E-state index contributed by atoms with van der Waals surface area (Å²) in [7, 11) is 0. The second-order valence-electron chi connectivity index (χ2n) is 2.52. The molecule has 0 amide bonds. The molecule has 0 unspecified atom stereocenters. The van der Waals surface area contributed by atoms with Gasteiger partial charge in [0.2, 0.25) is 0 Å². The molecular weight excluding hydrogens is 134 g/mol. The Hall–Kier alpha value is -0.0400. The fourth-order valence-corrected chi connectivity index (χ4v) is 0.802. The maximum Gasteiger partial charge on any atom is -0.00489 e. The number of nitrogens with one attached hydrogen (secondary N) is 1. The Kier molecular flexibility index (Phi) is 20.3. The molecule has 1 aliphatic rings. The SMILES string of the molecule is C1CCNCC1.CC.CCC. The third-order valence-corrected chi connectivity index (χ3v) is 1.21. The van der Waals surface area contributed by atoms with Crippen LogP contribution in [0.5, 0.6) is 0 Å². The molecule has 0 aromatic rings. The number of hydrogen-bond donors (Lipinski definition) is 1. The summed E-state index contributed by atoms with van der Waals surface area (Å²) in [5, 5.41) is 3.28. The zero-order chi connectivity index (χ0) is 8.95. The van der Waals surface area contributed by atoms with Gasteiger partial charge in [0.15, 0.2) is 0 Å². The van der Waals surface area contributed by atoms with Crippen molar-refractivity contribution in [3.63, 3.8) is 0 Å². The molecule has 0 aromatic heterocycles. The van der Waals surface area contributed by atoms with Gasteiger partial charge in [0, 0.05) is 0 Å². The van der Waals surface area contributed by atoms with Crippen LogP contribution in [0.15, 0.2) is 0 Å². The van der Waals surface area contributed by atoms with Crippen molar-refractivity contribution in [2.75, 3.05) is 13.1 Å². The second kappa shape index (κ2) is 16.5. The van der Waals surface area contributed by atoms with Gasteiger partial charge in [0.1, 0.15) is 0 Å². The largest absolute Gasteiger partial charge is 0.317 e. The van der Waals surface area contributed by atoms with Crippen molar-refractivity contribution in [1.82, 2.24) is 5.32 Å². The molecule has 1 heteroatoms. The third kappa shape index (κ3) is 17.8. The van der Waals surface area contributed by atoms with Crippen molar-refractivity contribution in [3.8, 4) is 0 Å². The topological polar surface area (TPSA) is 12.0 Å². The number of piperidine rings is 1. The van der Waals surface area contributed by atoms with E-state index < -0.39 is 0 Å². The Morgan fingerprint density at radius 2 is 1.27 bits per heavy atom. The minimum Gasteiger partial charge on any atom is -0.317 e. The van der Waals surface area contributed by atoms with Crippen LogP contribution >= 0.6 is 0 Å². The predicted molar refractivity (Wildman–Crippen MR) is 54.0 cm³/mol. The summed E-state index contributed by atoms with van der Waals surface area (Å²) in [5.41, 5.74) is 0. The van der Waals surface area contributed by atoms with E-state index in [1.165, 1.54) is 38.8 Å². The highest BCUT2D eigenvalue weighted by atomic mass is 14.9. The lowest BCUT2D eigenvalue weighted by Crippen LogP contribution is -2.21. The van der Waals surface area contributed by atoms with E-state index in [1.807, 2.05) is 13.8 Å². The molecule has 0 aliphatic carbocycles. The highest BCUT2D eigenvalue weighted by Gasteiger charge is 1.93. The lowest BCUT2D eigenvalue weighted by atomic mass is 10.2. The molecule has 0 bridgehead atoms. The Bertz CT molecular complexity index is 28.6. The van der Waals surface area contributed by atoms with Crippen LogP contribution in [-0.2, 0) is 0 Å². The van der Waals surface area contributed by atoms with Crippen LogP contribution in [0.25, 0.3) is 0 Å². The predicted octanol–water partition coefficient (Wildman–Crippen LogP) is 3.20. The Labute approximate surface area is 72.6 Å². The average Bonchev–Trinajstić information content (AvgIpc) is 2.12. The van der Waals surface area contributed by atoms with Crippen LogP contribution in [0.3, 0.4) is 0 Å². The molecule has 0 radical (unpaired) electrons. The van der Waals surface area contributed by atoms with E-state index in [9.17, 15) is 0 Å². The molecular formula is C10H25N. The van der Waals surface area contributed by atoms with Crippen LogP contribution in [0.4, 0.5) is 0 Å². The minimum absolute atomic E-state index is 1.25. The zero-order valence-corrected chi connectivity index (χ0v) is 8.74. The summed E-state index contributed by atoms with van der Waals surface area (Å²) in [5.74, 6) is 0. The summed E-state index contributed by atoms with van der Waals surface area (Å²) in [4.78, 5) is 0. The van der Waals surface area contributed by atoms with E-state index in [2.05, 4.69) is 19.2 Å². The molecule has 1 N–H and O–H groups in total. The molecule has 0 saturated carbocycles. The molecule has 1 aliphatic heterocycles. The fraction of sp³-hybridized carbons (Fsp3) is 1.00. The van der Waals surface area contributed by atoms with Gasteiger partial charge in [-0.05, 0) is 25.9 Å². The standard InChI is InChI=1S/C5H11N.C3H8.C2H6/c1-2-4-6-5-3-1;1-3-2;1-2/h6H,1-5H2;3H2,1-2H3;1-2H3. The summed E-state index contributed by atoms with van der Waals surface area (Å²) in [6.45, 7) is 10.8. The molecule has 1 nitrogen and oxygen atoms in total. The van der Waals surface area contributed by atoms with E-state index in [-0.39, 0.29) is 0 Å². The van der Waals surface area contributed by atoms with Crippen LogP contribution in [0.1, 0.15) is 53.4 Å². The van der Waals surface area contributed by atoms with Gasteiger partial charge in [0.05, 0.1) is 0 Å². The Morgan fingerprint density at radius 3 is 1.36 bits per heavy atom. The molecule has 1 heterocycles. The van der Waals surface area contributed by atoms with E-state index in [0.29, 0.717) is 0 Å². The number of rotatable bonds is 0. The first-order valence-corrected chi connectivity index (χ1v) is 5.12. The third-order valence-electron chi connectivity index (χ3n) is 1.21. The Balaban J connectivity index is 0. The first kappa shape index (κ1) is 13.5. The average molecular weight is 159 g/mol. The monoisotopic (exact) mass is 159 g/mol. The van der Waals surface area contributed by atoms with Crippen molar-refractivity contribution in [2.24, 2.45) is 0 Å². The van der Waals surface area contributed by atoms with Crippen molar-refractivity contribution >= 4 is 0 Å². The normalized spacial score (nSPS) is 15.3. The maximum atomic E-state index is 3.28. The van der Waals surface area contributed by atoms with Crippen molar-refractivity contribution in [2.45, 2.75) is 53.4 Å². The highest BCUT2D eigenvalue weighted by Crippen LogP contribution is 1.96. The van der Waals surface area contributed by atoms with E-state index >= 15 is 0 Å². The van der Waals surface area contributed by atoms with Gasteiger partial charge in [-0.3, -0.25) is 0 Å². The summed E-state index contributed by atoms with van der Waals surface area (Å²) >= 11 is 0. The molecule has 1 fully saturated rings. The van der Waals surface area contributed by atoms with E-state index in [4.69, 9.17) is 0 Å². The highest BCUT2D eigenvalue weighted by molar-refractivity contribution is 4.55. The maximum absolute atomic E-state index is 3.28. The lowest BCUT2D eigenvalue weighted by Gasteiger charge is -2.08. The van der Waals surface area contributed by atoms with Crippen LogP contribution < -0.4 is 5.32 Å². The van der Waals surface area contributed by atoms with Gasteiger partial charge in [-0.2, -0.15) is 0 Å². The van der Waals surface area contributed by atoms with Gasteiger partial charge in [-0.15, -0.1) is 0 Å². The fourth-order valence-electron chi connectivity index (χ4n) is 0.802. The van der Waals surface area contributed by atoms with Gasteiger partial charge >= 0.3 is 0 Å². The lowest BCUT2D eigenvalue weighted by molar-refractivity contribution is 0.520. The van der Waals surface area contributed by atoms with Crippen molar-refractivity contribution in [3.05, 3.63) is 0 Å².